The van der Waals surface area contributed by atoms with Gasteiger partial charge in [-0.15, -0.1) is 5.10 Å². The predicted molar refractivity (Wildman–Crippen MR) is 74.2 cm³/mol. The Morgan fingerprint density at radius 1 is 1.59 bits per heavy atom. The normalized spacial score (nSPS) is 10.9. The van der Waals surface area contributed by atoms with E-state index in [0.29, 0.717) is 16.8 Å². The Labute approximate surface area is 107 Å². The standard InChI is InChI=1S/C11H19N5S/c1-8(2)16(3)7-6-13-11-9(10(12)17)4-5-14-15-11/h4-5,8H,6-7H2,1-3H3,(H2,12,17)(H,13,15). The summed E-state index contributed by atoms with van der Waals surface area (Å²) in [5.74, 6) is 0.650. The van der Waals surface area contributed by atoms with Crippen LogP contribution in [0.3, 0.4) is 0 Å². The zero-order valence-corrected chi connectivity index (χ0v) is 11.3. The number of anilines is 1. The minimum absolute atomic E-state index is 0.333. The number of rotatable bonds is 6. The maximum Gasteiger partial charge on any atom is 0.158 e. The lowest BCUT2D eigenvalue weighted by atomic mass is 10.3. The highest BCUT2D eigenvalue weighted by Gasteiger charge is 2.07. The van der Waals surface area contributed by atoms with Gasteiger partial charge in [-0.05, 0) is 27.0 Å². The van der Waals surface area contributed by atoms with E-state index in [1.807, 2.05) is 0 Å². The molecule has 0 saturated heterocycles. The van der Waals surface area contributed by atoms with Crippen LogP contribution in [0.4, 0.5) is 5.82 Å². The summed E-state index contributed by atoms with van der Waals surface area (Å²) < 4.78 is 0. The molecule has 0 bridgehead atoms. The van der Waals surface area contributed by atoms with Crippen molar-refractivity contribution in [2.75, 3.05) is 25.5 Å². The Morgan fingerprint density at radius 2 is 2.29 bits per heavy atom. The molecule has 3 N–H and O–H groups in total. The topological polar surface area (TPSA) is 67.1 Å². The fraction of sp³-hybridized carbons (Fsp3) is 0.545. The molecular weight excluding hydrogens is 234 g/mol. The molecule has 0 spiro atoms. The van der Waals surface area contributed by atoms with Crippen LogP contribution in [0, 0.1) is 0 Å². The smallest absolute Gasteiger partial charge is 0.158 e. The number of thiocarbonyl (C=S) groups is 1. The first-order valence-electron chi connectivity index (χ1n) is 5.58. The van der Waals surface area contributed by atoms with E-state index in [2.05, 4.69) is 41.3 Å². The van der Waals surface area contributed by atoms with Gasteiger partial charge in [0.05, 0.1) is 11.8 Å². The summed E-state index contributed by atoms with van der Waals surface area (Å²) in [5.41, 5.74) is 6.35. The number of aromatic nitrogens is 2. The number of hydrogen-bond acceptors (Lipinski definition) is 5. The molecule has 17 heavy (non-hydrogen) atoms. The van der Waals surface area contributed by atoms with Crippen LogP contribution < -0.4 is 11.1 Å². The molecule has 0 saturated carbocycles. The second kappa shape index (κ2) is 6.46. The van der Waals surface area contributed by atoms with Crippen molar-refractivity contribution in [3.63, 3.8) is 0 Å². The van der Waals surface area contributed by atoms with Gasteiger partial charge in [0.1, 0.15) is 4.99 Å². The lowest BCUT2D eigenvalue weighted by Gasteiger charge is -2.21. The number of hydrogen-bond donors (Lipinski definition) is 2. The summed E-state index contributed by atoms with van der Waals surface area (Å²) in [6, 6.07) is 2.29. The molecule has 0 atom stereocenters. The molecule has 0 aromatic carbocycles. The van der Waals surface area contributed by atoms with Gasteiger partial charge in [-0.2, -0.15) is 5.10 Å². The highest BCUT2D eigenvalue weighted by atomic mass is 32.1. The zero-order chi connectivity index (χ0) is 12.8. The molecule has 1 aromatic rings. The minimum Gasteiger partial charge on any atom is -0.389 e. The van der Waals surface area contributed by atoms with Crippen molar-refractivity contribution in [2.24, 2.45) is 5.73 Å². The summed E-state index contributed by atoms with van der Waals surface area (Å²) in [6.07, 6.45) is 1.58. The quantitative estimate of drug-likeness (QED) is 0.733. The highest BCUT2D eigenvalue weighted by Crippen LogP contribution is 2.09. The Hall–Kier alpha value is -1.27. The fourth-order valence-corrected chi connectivity index (χ4v) is 1.43. The van der Waals surface area contributed by atoms with Crippen molar-refractivity contribution in [2.45, 2.75) is 19.9 Å². The van der Waals surface area contributed by atoms with E-state index in [1.165, 1.54) is 0 Å². The van der Waals surface area contributed by atoms with Crippen LogP contribution in [0.25, 0.3) is 0 Å². The average Bonchev–Trinajstić information content (AvgIpc) is 2.29. The molecule has 0 amide bonds. The van der Waals surface area contributed by atoms with Crippen LogP contribution in [0.15, 0.2) is 12.3 Å². The van der Waals surface area contributed by atoms with Crippen LogP contribution in [0.5, 0.6) is 0 Å². The van der Waals surface area contributed by atoms with Gasteiger partial charge in [0.15, 0.2) is 5.82 Å². The number of likely N-dealkylation sites (N-methyl/N-ethyl adjacent to an activating group) is 1. The van der Waals surface area contributed by atoms with Crippen molar-refractivity contribution in [1.29, 1.82) is 0 Å². The van der Waals surface area contributed by atoms with Crippen molar-refractivity contribution < 1.29 is 0 Å². The van der Waals surface area contributed by atoms with E-state index in [-0.39, 0.29) is 0 Å². The van der Waals surface area contributed by atoms with Gasteiger partial charge in [0.25, 0.3) is 0 Å². The van der Waals surface area contributed by atoms with Crippen LogP contribution in [-0.4, -0.2) is 46.3 Å². The van der Waals surface area contributed by atoms with E-state index in [0.717, 1.165) is 18.7 Å². The SMILES string of the molecule is CC(C)N(C)CCNc1nnccc1C(N)=S. The van der Waals surface area contributed by atoms with Crippen LogP contribution in [0.2, 0.25) is 0 Å². The molecule has 0 radical (unpaired) electrons. The van der Waals surface area contributed by atoms with Crippen LogP contribution in [-0.2, 0) is 0 Å². The molecule has 0 aliphatic heterocycles. The summed E-state index contributed by atoms with van der Waals surface area (Å²) in [5, 5.41) is 11.0. The summed E-state index contributed by atoms with van der Waals surface area (Å²) in [6.45, 7) is 6.01. The van der Waals surface area contributed by atoms with E-state index >= 15 is 0 Å². The monoisotopic (exact) mass is 253 g/mol. The van der Waals surface area contributed by atoms with Gasteiger partial charge >= 0.3 is 0 Å². The second-order valence-electron chi connectivity index (χ2n) is 4.16. The minimum atomic E-state index is 0.333. The number of nitrogens with two attached hydrogens (primary N) is 1. The van der Waals surface area contributed by atoms with Gasteiger partial charge in [-0.1, -0.05) is 12.2 Å². The molecule has 5 nitrogen and oxygen atoms in total. The van der Waals surface area contributed by atoms with Gasteiger partial charge < -0.3 is 16.0 Å². The van der Waals surface area contributed by atoms with Gasteiger partial charge in [0, 0.05) is 19.1 Å². The molecule has 6 heteroatoms. The van der Waals surface area contributed by atoms with Crippen LogP contribution in [0.1, 0.15) is 19.4 Å². The Balaban J connectivity index is 2.55. The summed E-state index contributed by atoms with van der Waals surface area (Å²) in [7, 11) is 2.08. The van der Waals surface area contributed by atoms with Crippen molar-refractivity contribution in [1.82, 2.24) is 15.1 Å². The first kappa shape index (κ1) is 13.8. The first-order chi connectivity index (χ1) is 8.02. The van der Waals surface area contributed by atoms with Gasteiger partial charge in [-0.3, -0.25) is 0 Å². The third-order valence-electron chi connectivity index (χ3n) is 2.62. The first-order valence-corrected chi connectivity index (χ1v) is 5.98. The van der Waals surface area contributed by atoms with Gasteiger partial charge in [0.2, 0.25) is 0 Å². The predicted octanol–water partition coefficient (Wildman–Crippen LogP) is 0.863. The number of nitrogens with one attached hydrogen (secondary N) is 1. The molecular formula is C11H19N5S. The lowest BCUT2D eigenvalue weighted by molar-refractivity contribution is 0.284. The number of nitrogens with zero attached hydrogens (tertiary/aromatic N) is 3. The molecule has 0 unspecified atom stereocenters. The van der Waals surface area contributed by atoms with E-state index in [1.54, 1.807) is 12.3 Å². The third kappa shape index (κ3) is 4.24. The molecule has 0 aliphatic rings. The third-order valence-corrected chi connectivity index (χ3v) is 2.84. The summed E-state index contributed by atoms with van der Waals surface area (Å²) >= 11 is 4.95. The van der Waals surface area contributed by atoms with E-state index in [9.17, 15) is 0 Å². The second-order valence-corrected chi connectivity index (χ2v) is 4.60. The zero-order valence-electron chi connectivity index (χ0n) is 10.5. The van der Waals surface area contributed by atoms with Crippen molar-refractivity contribution in [3.8, 4) is 0 Å². The molecule has 1 rings (SSSR count). The summed E-state index contributed by atoms with van der Waals surface area (Å²) in [4.78, 5) is 2.57. The maximum absolute atomic E-state index is 5.61. The molecule has 94 valence electrons. The van der Waals surface area contributed by atoms with Crippen LogP contribution >= 0.6 is 12.2 Å². The maximum atomic E-state index is 5.61. The van der Waals surface area contributed by atoms with E-state index < -0.39 is 0 Å². The van der Waals surface area contributed by atoms with Crippen molar-refractivity contribution >= 4 is 23.0 Å². The van der Waals surface area contributed by atoms with E-state index in [4.69, 9.17) is 18.0 Å². The Bertz CT molecular complexity index is 380. The van der Waals surface area contributed by atoms with Gasteiger partial charge in [-0.25, -0.2) is 0 Å². The Kier molecular flexibility index (Phi) is 5.24. The fourth-order valence-electron chi connectivity index (χ4n) is 1.27. The van der Waals surface area contributed by atoms with Crippen molar-refractivity contribution in [3.05, 3.63) is 17.8 Å². The Morgan fingerprint density at radius 3 is 2.88 bits per heavy atom. The lowest BCUT2D eigenvalue weighted by Crippen LogP contribution is -2.31. The molecule has 1 aromatic heterocycles. The average molecular weight is 253 g/mol. The molecule has 0 aliphatic carbocycles. The molecule has 0 fully saturated rings. The molecule has 1 heterocycles. The highest BCUT2D eigenvalue weighted by molar-refractivity contribution is 7.80. The largest absolute Gasteiger partial charge is 0.389 e.